The van der Waals surface area contributed by atoms with Crippen LogP contribution < -0.4 is 0 Å². The van der Waals surface area contributed by atoms with Crippen LogP contribution >= 0.6 is 22.6 Å². The van der Waals surface area contributed by atoms with E-state index in [-0.39, 0.29) is 16.5 Å². The summed E-state index contributed by atoms with van der Waals surface area (Å²) in [5, 5.41) is 8.56. The predicted molar refractivity (Wildman–Crippen MR) is 46.1 cm³/mol. The third-order valence-electron chi connectivity index (χ3n) is 1.09. The molecule has 0 aromatic rings. The van der Waals surface area contributed by atoms with Crippen LogP contribution in [0, 0.1) is 0 Å². The Hall–Kier alpha value is 0.160. The lowest BCUT2D eigenvalue weighted by molar-refractivity contribution is -0.140. The van der Waals surface area contributed by atoms with Crippen LogP contribution in [0.5, 0.6) is 0 Å². The first kappa shape index (κ1) is 10.2. The molecule has 0 saturated heterocycles. The monoisotopic (exact) mass is 258 g/mol. The van der Waals surface area contributed by atoms with E-state index < -0.39 is 0 Å². The Morgan fingerprint density at radius 3 is 2.80 bits per heavy atom. The summed E-state index contributed by atoms with van der Waals surface area (Å²) in [5.41, 5.74) is 0. The van der Waals surface area contributed by atoms with Gasteiger partial charge in [-0.2, -0.15) is 0 Å². The number of ether oxygens (including phenoxy) is 1. The van der Waals surface area contributed by atoms with Crippen molar-refractivity contribution >= 4 is 28.6 Å². The van der Waals surface area contributed by atoms with Gasteiger partial charge in [-0.05, 0) is 6.42 Å². The standard InChI is InChI=1S/C6H11IO3/c1-10-6(9)3-2-5(7)4-8/h5,8H,2-4H2,1H3. The highest BCUT2D eigenvalue weighted by Gasteiger charge is 2.05. The lowest BCUT2D eigenvalue weighted by Crippen LogP contribution is -2.08. The molecule has 0 aliphatic rings. The van der Waals surface area contributed by atoms with Crippen LogP contribution in [0.3, 0.4) is 0 Å². The minimum Gasteiger partial charge on any atom is -0.469 e. The molecule has 0 radical (unpaired) electrons. The molecule has 10 heavy (non-hydrogen) atoms. The van der Waals surface area contributed by atoms with Crippen molar-refractivity contribution in [1.29, 1.82) is 0 Å². The minimum absolute atomic E-state index is 0.123. The summed E-state index contributed by atoms with van der Waals surface area (Å²) in [6, 6.07) is 0. The van der Waals surface area contributed by atoms with E-state index in [1.165, 1.54) is 7.11 Å². The molecule has 4 heteroatoms. The second kappa shape index (κ2) is 5.91. The van der Waals surface area contributed by atoms with Crippen molar-refractivity contribution in [3.8, 4) is 0 Å². The van der Waals surface area contributed by atoms with Gasteiger partial charge in [0, 0.05) is 10.3 Å². The molecule has 0 spiro atoms. The second-order valence-electron chi connectivity index (χ2n) is 1.89. The SMILES string of the molecule is COC(=O)CCC(I)CO. The molecule has 1 atom stereocenters. The van der Waals surface area contributed by atoms with Gasteiger partial charge in [0.15, 0.2) is 0 Å². The summed E-state index contributed by atoms with van der Waals surface area (Å²) in [6.07, 6.45) is 1.08. The lowest BCUT2D eigenvalue weighted by atomic mass is 10.2. The van der Waals surface area contributed by atoms with Crippen LogP contribution in [-0.4, -0.2) is 28.7 Å². The van der Waals surface area contributed by atoms with Crippen LogP contribution in [0.15, 0.2) is 0 Å². The topological polar surface area (TPSA) is 46.5 Å². The molecule has 1 N–H and O–H groups in total. The van der Waals surface area contributed by atoms with Crippen LogP contribution in [0.2, 0.25) is 0 Å². The number of carbonyl (C=O) groups excluding carboxylic acids is 1. The first-order chi connectivity index (χ1) is 4.70. The van der Waals surface area contributed by atoms with Gasteiger partial charge in [-0.1, -0.05) is 22.6 Å². The lowest BCUT2D eigenvalue weighted by Gasteiger charge is -2.03. The Morgan fingerprint density at radius 1 is 1.80 bits per heavy atom. The Bertz CT molecular complexity index is 105. The second-order valence-corrected chi connectivity index (χ2v) is 3.66. The summed E-state index contributed by atoms with van der Waals surface area (Å²) in [5.74, 6) is -0.213. The number of carbonyl (C=O) groups is 1. The molecule has 0 saturated carbocycles. The smallest absolute Gasteiger partial charge is 0.305 e. The summed E-state index contributed by atoms with van der Waals surface area (Å²) in [6.45, 7) is 0.123. The van der Waals surface area contributed by atoms with E-state index in [4.69, 9.17) is 5.11 Å². The van der Waals surface area contributed by atoms with Gasteiger partial charge in [-0.3, -0.25) is 4.79 Å². The van der Waals surface area contributed by atoms with Crippen molar-refractivity contribution in [3.05, 3.63) is 0 Å². The van der Waals surface area contributed by atoms with E-state index in [9.17, 15) is 4.79 Å². The molecule has 1 unspecified atom stereocenters. The highest BCUT2D eigenvalue weighted by Crippen LogP contribution is 2.07. The number of aliphatic hydroxyl groups is 1. The summed E-state index contributed by atoms with van der Waals surface area (Å²) < 4.78 is 4.58. The normalized spacial score (nSPS) is 12.7. The molecule has 0 aromatic carbocycles. The maximum atomic E-state index is 10.5. The molecule has 0 aromatic heterocycles. The molecule has 0 rings (SSSR count). The summed E-state index contributed by atoms with van der Waals surface area (Å²) in [7, 11) is 1.36. The zero-order valence-corrected chi connectivity index (χ0v) is 8.00. The van der Waals surface area contributed by atoms with E-state index in [0.717, 1.165) is 0 Å². The molecular formula is C6H11IO3. The Morgan fingerprint density at radius 2 is 2.40 bits per heavy atom. The molecular weight excluding hydrogens is 247 g/mol. The first-order valence-corrected chi connectivity index (χ1v) is 4.27. The third kappa shape index (κ3) is 4.99. The van der Waals surface area contributed by atoms with Gasteiger partial charge in [-0.25, -0.2) is 0 Å². The van der Waals surface area contributed by atoms with Gasteiger partial charge in [-0.15, -0.1) is 0 Å². The number of halogens is 1. The highest BCUT2D eigenvalue weighted by atomic mass is 127. The first-order valence-electron chi connectivity index (χ1n) is 3.02. The van der Waals surface area contributed by atoms with Gasteiger partial charge in [0.05, 0.1) is 13.7 Å². The maximum Gasteiger partial charge on any atom is 0.305 e. The summed E-state index contributed by atoms with van der Waals surface area (Å²) >= 11 is 2.10. The molecule has 0 amide bonds. The van der Waals surface area contributed by atoms with E-state index in [1.54, 1.807) is 0 Å². The van der Waals surface area contributed by atoms with Gasteiger partial charge in [0.25, 0.3) is 0 Å². The van der Waals surface area contributed by atoms with E-state index in [2.05, 4.69) is 27.3 Å². The molecule has 0 fully saturated rings. The van der Waals surface area contributed by atoms with Gasteiger partial charge >= 0.3 is 5.97 Å². The van der Waals surface area contributed by atoms with Crippen molar-refractivity contribution < 1.29 is 14.6 Å². The Kier molecular flexibility index (Phi) is 6.00. The molecule has 0 heterocycles. The van der Waals surface area contributed by atoms with E-state index in [0.29, 0.717) is 12.8 Å². The highest BCUT2D eigenvalue weighted by molar-refractivity contribution is 14.1. The minimum atomic E-state index is -0.213. The zero-order chi connectivity index (χ0) is 7.98. The number of rotatable bonds is 4. The fraction of sp³-hybridized carbons (Fsp3) is 0.833. The molecule has 0 aliphatic heterocycles. The van der Waals surface area contributed by atoms with Gasteiger partial charge < -0.3 is 9.84 Å². The molecule has 0 bridgehead atoms. The quantitative estimate of drug-likeness (QED) is 0.459. The number of alkyl halides is 1. The van der Waals surface area contributed by atoms with Crippen LogP contribution in [0.25, 0.3) is 0 Å². The number of aliphatic hydroxyl groups excluding tert-OH is 1. The number of esters is 1. The van der Waals surface area contributed by atoms with Crippen LogP contribution in [0.4, 0.5) is 0 Å². The van der Waals surface area contributed by atoms with Crippen molar-refractivity contribution in [2.24, 2.45) is 0 Å². The number of hydrogen-bond donors (Lipinski definition) is 1. The van der Waals surface area contributed by atoms with Crippen LogP contribution in [0.1, 0.15) is 12.8 Å². The fourth-order valence-corrected chi connectivity index (χ4v) is 0.779. The zero-order valence-electron chi connectivity index (χ0n) is 5.84. The maximum absolute atomic E-state index is 10.5. The van der Waals surface area contributed by atoms with Crippen molar-refractivity contribution in [2.75, 3.05) is 13.7 Å². The van der Waals surface area contributed by atoms with Crippen molar-refractivity contribution in [1.82, 2.24) is 0 Å². The van der Waals surface area contributed by atoms with E-state index >= 15 is 0 Å². The average molecular weight is 258 g/mol. The molecule has 3 nitrogen and oxygen atoms in total. The average Bonchev–Trinajstić information content (AvgIpc) is 1.99. The van der Waals surface area contributed by atoms with Crippen LogP contribution in [-0.2, 0) is 9.53 Å². The number of hydrogen-bond acceptors (Lipinski definition) is 3. The molecule has 60 valence electrons. The van der Waals surface area contributed by atoms with Gasteiger partial charge in [0.1, 0.15) is 0 Å². The third-order valence-corrected chi connectivity index (χ3v) is 2.10. The van der Waals surface area contributed by atoms with Crippen molar-refractivity contribution in [2.45, 2.75) is 16.8 Å². The Balaban J connectivity index is 3.26. The molecule has 0 aliphatic carbocycles. The fourth-order valence-electron chi connectivity index (χ4n) is 0.468. The Labute approximate surface area is 73.9 Å². The number of methoxy groups -OCH3 is 1. The summed E-state index contributed by atoms with van der Waals surface area (Å²) in [4.78, 5) is 10.5. The van der Waals surface area contributed by atoms with Gasteiger partial charge in [0.2, 0.25) is 0 Å². The van der Waals surface area contributed by atoms with Crippen molar-refractivity contribution in [3.63, 3.8) is 0 Å². The predicted octanol–water partition coefficient (Wildman–Crippen LogP) is 0.735. The van der Waals surface area contributed by atoms with E-state index in [1.807, 2.05) is 0 Å². The largest absolute Gasteiger partial charge is 0.469 e.